The van der Waals surface area contributed by atoms with Gasteiger partial charge in [0.15, 0.2) is 6.10 Å². The third-order valence-corrected chi connectivity index (χ3v) is 9.96. The second-order valence-electron chi connectivity index (χ2n) is 11.6. The number of furan rings is 1. The highest BCUT2D eigenvalue weighted by atomic mass is 16.7. The zero-order chi connectivity index (χ0) is 24.4. The number of aliphatic hydroxyl groups is 2. The molecule has 6 rings (SSSR count). The summed E-state index contributed by atoms with van der Waals surface area (Å²) in [6, 6.07) is 1.68. The summed E-state index contributed by atoms with van der Waals surface area (Å²) in [5, 5.41) is 22.9. The van der Waals surface area contributed by atoms with Crippen LogP contribution in [0.25, 0.3) is 0 Å². The maximum atomic E-state index is 14.1. The smallest absolute Gasteiger partial charge is 0.339 e. The molecule has 9 heteroatoms. The SMILES string of the molecule is CC1(C)OC(=O)CC(O)C2(C)C1CC(=O)C1(C)C2CC(O)C2C(c3ccoc3)OC(=O)C3OC321. The number of Topliss-reactive ketones (excluding diaryl/α,β-unsaturated/α-hetero) is 1. The van der Waals surface area contributed by atoms with E-state index >= 15 is 0 Å². The Labute approximate surface area is 196 Å². The first-order valence-corrected chi connectivity index (χ1v) is 11.9. The largest absolute Gasteiger partial charge is 0.472 e. The molecule has 3 aliphatic heterocycles. The molecule has 10 atom stereocenters. The molecule has 5 aliphatic rings. The first-order valence-electron chi connectivity index (χ1n) is 11.9. The fourth-order valence-corrected chi connectivity index (χ4v) is 8.35. The average Bonchev–Trinajstić information content (AvgIpc) is 3.29. The number of ketones is 1. The van der Waals surface area contributed by atoms with Gasteiger partial charge in [0.05, 0.1) is 42.5 Å². The Morgan fingerprint density at radius 1 is 1.03 bits per heavy atom. The van der Waals surface area contributed by atoms with Crippen molar-refractivity contribution in [1.29, 1.82) is 0 Å². The van der Waals surface area contributed by atoms with Crippen molar-refractivity contribution in [2.45, 2.75) is 82.6 Å². The quantitative estimate of drug-likeness (QED) is 0.460. The molecule has 5 fully saturated rings. The van der Waals surface area contributed by atoms with E-state index < -0.39 is 76.1 Å². The molecule has 4 heterocycles. The van der Waals surface area contributed by atoms with Crippen molar-refractivity contribution in [3.05, 3.63) is 24.2 Å². The number of rotatable bonds is 1. The molecule has 2 N–H and O–H groups in total. The zero-order valence-electron chi connectivity index (χ0n) is 19.6. The minimum atomic E-state index is -1.27. The molecule has 3 saturated heterocycles. The van der Waals surface area contributed by atoms with Crippen molar-refractivity contribution in [1.82, 2.24) is 0 Å². The van der Waals surface area contributed by atoms with Crippen LogP contribution in [0.2, 0.25) is 0 Å². The van der Waals surface area contributed by atoms with Crippen LogP contribution in [0.3, 0.4) is 0 Å². The number of aliphatic hydroxyl groups excluding tert-OH is 2. The van der Waals surface area contributed by atoms with Crippen LogP contribution in [0.5, 0.6) is 0 Å². The molecule has 0 radical (unpaired) electrons. The number of hydrogen-bond acceptors (Lipinski definition) is 9. The molecule has 9 nitrogen and oxygen atoms in total. The van der Waals surface area contributed by atoms with Gasteiger partial charge in [0.2, 0.25) is 0 Å². The minimum Gasteiger partial charge on any atom is -0.472 e. The van der Waals surface area contributed by atoms with E-state index in [4.69, 9.17) is 18.6 Å². The maximum Gasteiger partial charge on any atom is 0.339 e. The lowest BCUT2D eigenvalue weighted by Gasteiger charge is -2.64. The van der Waals surface area contributed by atoms with E-state index in [2.05, 4.69) is 0 Å². The van der Waals surface area contributed by atoms with Gasteiger partial charge in [0.1, 0.15) is 23.1 Å². The zero-order valence-corrected chi connectivity index (χ0v) is 19.6. The Morgan fingerprint density at radius 3 is 2.44 bits per heavy atom. The molecule has 2 saturated carbocycles. The third-order valence-electron chi connectivity index (χ3n) is 9.96. The van der Waals surface area contributed by atoms with Crippen molar-refractivity contribution in [3.8, 4) is 0 Å². The predicted octanol–water partition coefficient (Wildman–Crippen LogP) is 1.70. The van der Waals surface area contributed by atoms with Gasteiger partial charge in [-0.2, -0.15) is 0 Å². The van der Waals surface area contributed by atoms with Crippen molar-refractivity contribution in [2.24, 2.45) is 28.6 Å². The molecule has 184 valence electrons. The Bertz CT molecular complexity index is 1080. The van der Waals surface area contributed by atoms with Crippen LogP contribution in [-0.4, -0.2) is 57.4 Å². The number of carbonyl (C=O) groups is 3. The standard InChI is InChI=1S/C25H30O9/c1-22(2)13-8-16(28)24(4)14(23(13,3)15(27)9-17(29)33-22)7-12(26)18-19(11-5-6-31-10-11)32-21(30)20-25(18,24)34-20/h5-6,10,12-15,18-20,26-27H,7-9H2,1-4H3. The number of fused-ring (bicyclic) bond motifs is 3. The molecule has 0 amide bonds. The molecule has 0 bridgehead atoms. The second-order valence-corrected chi connectivity index (χ2v) is 11.6. The van der Waals surface area contributed by atoms with Gasteiger partial charge >= 0.3 is 11.9 Å². The van der Waals surface area contributed by atoms with E-state index in [0.29, 0.717) is 5.56 Å². The van der Waals surface area contributed by atoms with Crippen molar-refractivity contribution < 1.29 is 43.2 Å². The normalized spacial score (nSPS) is 51.1. The fourth-order valence-electron chi connectivity index (χ4n) is 8.35. The fraction of sp³-hybridized carbons (Fsp3) is 0.720. The molecule has 2 aliphatic carbocycles. The van der Waals surface area contributed by atoms with E-state index in [1.54, 1.807) is 26.8 Å². The van der Waals surface area contributed by atoms with Crippen LogP contribution < -0.4 is 0 Å². The summed E-state index contributed by atoms with van der Waals surface area (Å²) in [4.78, 5) is 39.5. The van der Waals surface area contributed by atoms with Crippen LogP contribution in [0.15, 0.2) is 23.0 Å². The van der Waals surface area contributed by atoms with Gasteiger partial charge in [0.25, 0.3) is 0 Å². The van der Waals surface area contributed by atoms with Crippen LogP contribution in [0.4, 0.5) is 0 Å². The van der Waals surface area contributed by atoms with Gasteiger partial charge < -0.3 is 28.8 Å². The average molecular weight is 475 g/mol. The number of epoxide rings is 1. The Hall–Kier alpha value is -2.23. The van der Waals surface area contributed by atoms with Gasteiger partial charge in [-0.05, 0) is 39.2 Å². The second kappa shape index (κ2) is 6.50. The van der Waals surface area contributed by atoms with Gasteiger partial charge in [-0.15, -0.1) is 0 Å². The Balaban J connectivity index is 1.53. The minimum absolute atomic E-state index is 0.0624. The summed E-state index contributed by atoms with van der Waals surface area (Å²) in [6.07, 6.45) is -0.871. The van der Waals surface area contributed by atoms with Gasteiger partial charge in [-0.25, -0.2) is 4.79 Å². The highest BCUT2D eigenvalue weighted by Gasteiger charge is 2.86. The highest BCUT2D eigenvalue weighted by molar-refractivity contribution is 5.93. The van der Waals surface area contributed by atoms with E-state index in [1.807, 2.05) is 6.92 Å². The lowest BCUT2D eigenvalue weighted by Crippen LogP contribution is -2.72. The first kappa shape index (κ1) is 22.2. The van der Waals surface area contributed by atoms with Gasteiger partial charge in [-0.1, -0.05) is 6.92 Å². The number of carbonyl (C=O) groups excluding carboxylic acids is 3. The molecule has 1 spiro atoms. The summed E-state index contributed by atoms with van der Waals surface area (Å²) in [6.45, 7) is 7.23. The van der Waals surface area contributed by atoms with E-state index in [1.165, 1.54) is 12.5 Å². The molecular weight excluding hydrogens is 444 g/mol. The summed E-state index contributed by atoms with van der Waals surface area (Å²) < 4.78 is 22.7. The molecular formula is C25H30O9. The summed E-state index contributed by atoms with van der Waals surface area (Å²) in [5.41, 5.74) is -3.79. The lowest BCUT2D eigenvalue weighted by molar-refractivity contribution is -0.231. The van der Waals surface area contributed by atoms with E-state index in [-0.39, 0.29) is 25.0 Å². The number of cyclic esters (lactones) is 2. The number of esters is 2. The summed E-state index contributed by atoms with van der Waals surface area (Å²) in [7, 11) is 0. The summed E-state index contributed by atoms with van der Waals surface area (Å²) >= 11 is 0. The van der Waals surface area contributed by atoms with Crippen molar-refractivity contribution in [3.63, 3.8) is 0 Å². The number of ether oxygens (including phenoxy) is 3. The molecule has 34 heavy (non-hydrogen) atoms. The van der Waals surface area contributed by atoms with Crippen molar-refractivity contribution >= 4 is 17.7 Å². The molecule has 10 unspecified atom stereocenters. The van der Waals surface area contributed by atoms with Gasteiger partial charge in [0, 0.05) is 23.3 Å². The van der Waals surface area contributed by atoms with Crippen LogP contribution in [0.1, 0.15) is 58.6 Å². The topological polar surface area (TPSA) is 136 Å². The van der Waals surface area contributed by atoms with Crippen LogP contribution in [-0.2, 0) is 28.6 Å². The van der Waals surface area contributed by atoms with Gasteiger partial charge in [-0.3, -0.25) is 9.59 Å². The Morgan fingerprint density at radius 2 is 1.76 bits per heavy atom. The number of hydrogen-bond donors (Lipinski definition) is 2. The van der Waals surface area contributed by atoms with E-state index in [9.17, 15) is 24.6 Å². The molecule has 0 aromatic carbocycles. The molecule has 1 aromatic heterocycles. The van der Waals surface area contributed by atoms with E-state index in [0.717, 1.165) is 0 Å². The maximum absolute atomic E-state index is 14.1. The first-order chi connectivity index (χ1) is 15.9. The van der Waals surface area contributed by atoms with Crippen LogP contribution >= 0.6 is 0 Å². The highest BCUT2D eigenvalue weighted by Crippen LogP contribution is 2.74. The third kappa shape index (κ3) is 2.38. The Kier molecular flexibility index (Phi) is 4.25. The predicted molar refractivity (Wildman–Crippen MR) is 113 cm³/mol. The van der Waals surface area contributed by atoms with Crippen molar-refractivity contribution in [2.75, 3.05) is 0 Å². The molecule has 1 aromatic rings. The summed E-state index contributed by atoms with van der Waals surface area (Å²) in [5.74, 6) is -2.90. The lowest BCUT2D eigenvalue weighted by atomic mass is 9.39. The van der Waals surface area contributed by atoms with Crippen LogP contribution in [0, 0.1) is 28.6 Å². The monoisotopic (exact) mass is 474 g/mol.